The molecule has 0 atom stereocenters. The van der Waals surface area contributed by atoms with E-state index < -0.39 is 0 Å². The first-order chi connectivity index (χ1) is 12.5. The van der Waals surface area contributed by atoms with Crippen molar-refractivity contribution in [3.05, 3.63) is 29.6 Å². The zero-order valence-electron chi connectivity index (χ0n) is 15.8. The Kier molecular flexibility index (Phi) is 7.28. The quantitative estimate of drug-likeness (QED) is 0.660. The fourth-order valence-corrected chi connectivity index (χ4v) is 3.22. The smallest absolute Gasteiger partial charge is 0.255 e. The normalized spacial score (nSPS) is 10.8. The van der Waals surface area contributed by atoms with Gasteiger partial charge in [-0.1, -0.05) is 11.8 Å². The summed E-state index contributed by atoms with van der Waals surface area (Å²) < 4.78 is 12.3. The third kappa shape index (κ3) is 5.12. The number of carbonyl (C=O) groups excluding carboxylic acids is 1. The van der Waals surface area contributed by atoms with Crippen LogP contribution in [0.4, 0.5) is 0 Å². The number of ether oxygens (including phenoxy) is 2. The number of thioether (sulfide) groups is 1. The molecule has 0 spiro atoms. The number of nitrogens with one attached hydrogen (secondary N) is 1. The molecule has 0 saturated heterocycles. The Balaban J connectivity index is 1.98. The number of hydrogen-bond donors (Lipinski definition) is 1. The molecule has 0 aliphatic rings. The number of rotatable bonds is 9. The molecule has 2 aromatic rings. The van der Waals surface area contributed by atoms with Crippen molar-refractivity contribution in [3.8, 4) is 11.5 Å². The van der Waals surface area contributed by atoms with Crippen LogP contribution < -0.4 is 14.8 Å². The van der Waals surface area contributed by atoms with Crippen LogP contribution in [0.3, 0.4) is 0 Å². The van der Waals surface area contributed by atoms with Crippen LogP contribution in [0.1, 0.15) is 16.2 Å². The molecule has 0 saturated carbocycles. The van der Waals surface area contributed by atoms with Gasteiger partial charge in [0.1, 0.15) is 11.5 Å². The summed E-state index contributed by atoms with van der Waals surface area (Å²) in [4.78, 5) is 14.6. The highest BCUT2D eigenvalue weighted by molar-refractivity contribution is 7.99. The number of aromatic nitrogens is 3. The maximum Gasteiger partial charge on any atom is 0.255 e. The highest BCUT2D eigenvalue weighted by atomic mass is 32.2. The third-order valence-electron chi connectivity index (χ3n) is 3.76. The molecular weight excluding hydrogens is 354 g/mol. The topological polar surface area (TPSA) is 81.5 Å². The van der Waals surface area contributed by atoms with E-state index in [1.165, 1.54) is 7.11 Å². The lowest BCUT2D eigenvalue weighted by molar-refractivity contribution is 0.0946. The number of methoxy groups -OCH3 is 2. The monoisotopic (exact) mass is 379 g/mol. The van der Waals surface area contributed by atoms with Crippen LogP contribution in [0.25, 0.3) is 0 Å². The van der Waals surface area contributed by atoms with Crippen molar-refractivity contribution in [3.63, 3.8) is 0 Å². The number of carbonyl (C=O) groups is 1. The van der Waals surface area contributed by atoms with Crippen molar-refractivity contribution >= 4 is 17.7 Å². The van der Waals surface area contributed by atoms with E-state index in [1.807, 2.05) is 25.7 Å². The SMILES string of the molecule is COc1ccc(C(=O)NCc2nnc(SCCN(C)C)n2C)c(OC)c1. The molecule has 0 radical (unpaired) electrons. The molecule has 1 N–H and O–H groups in total. The number of amides is 1. The van der Waals surface area contributed by atoms with Gasteiger partial charge in [-0.2, -0.15) is 0 Å². The van der Waals surface area contributed by atoms with Crippen LogP contribution in [0.5, 0.6) is 11.5 Å². The van der Waals surface area contributed by atoms with Crippen LogP contribution in [0.15, 0.2) is 23.4 Å². The average molecular weight is 379 g/mol. The fourth-order valence-electron chi connectivity index (χ4n) is 2.18. The maximum absolute atomic E-state index is 12.5. The van der Waals surface area contributed by atoms with Gasteiger partial charge in [-0.25, -0.2) is 0 Å². The molecule has 26 heavy (non-hydrogen) atoms. The van der Waals surface area contributed by atoms with E-state index in [-0.39, 0.29) is 12.5 Å². The number of benzene rings is 1. The Hall–Kier alpha value is -2.26. The van der Waals surface area contributed by atoms with Crippen molar-refractivity contribution in [2.24, 2.45) is 7.05 Å². The summed E-state index contributed by atoms with van der Waals surface area (Å²) in [5, 5.41) is 12.0. The van der Waals surface area contributed by atoms with E-state index in [0.717, 1.165) is 17.5 Å². The molecule has 8 nitrogen and oxygen atoms in total. The first kappa shape index (κ1) is 20.1. The summed E-state index contributed by atoms with van der Waals surface area (Å²) in [6.07, 6.45) is 0. The Labute approximate surface area is 157 Å². The first-order valence-corrected chi connectivity index (χ1v) is 9.10. The van der Waals surface area contributed by atoms with Gasteiger partial charge in [-0.05, 0) is 26.2 Å². The van der Waals surface area contributed by atoms with Crippen LogP contribution in [-0.2, 0) is 13.6 Å². The minimum absolute atomic E-state index is 0.241. The van der Waals surface area contributed by atoms with E-state index in [1.54, 1.807) is 37.1 Å². The summed E-state index contributed by atoms with van der Waals surface area (Å²) in [6, 6.07) is 5.07. The molecule has 0 aliphatic heterocycles. The van der Waals surface area contributed by atoms with Crippen LogP contribution in [0.2, 0.25) is 0 Å². The summed E-state index contributed by atoms with van der Waals surface area (Å²) in [7, 11) is 9.05. The van der Waals surface area contributed by atoms with Crippen molar-refractivity contribution in [1.82, 2.24) is 25.0 Å². The van der Waals surface area contributed by atoms with E-state index in [9.17, 15) is 4.79 Å². The third-order valence-corrected chi connectivity index (χ3v) is 4.76. The zero-order chi connectivity index (χ0) is 19.1. The molecule has 1 heterocycles. The summed E-state index contributed by atoms with van der Waals surface area (Å²) in [5.74, 6) is 2.47. The van der Waals surface area contributed by atoms with Crippen LogP contribution >= 0.6 is 11.8 Å². The van der Waals surface area contributed by atoms with Gasteiger partial charge in [-0.15, -0.1) is 10.2 Å². The van der Waals surface area contributed by atoms with Gasteiger partial charge in [0, 0.05) is 25.4 Å². The van der Waals surface area contributed by atoms with E-state index >= 15 is 0 Å². The lowest BCUT2D eigenvalue weighted by atomic mass is 10.1. The highest BCUT2D eigenvalue weighted by Crippen LogP contribution is 2.24. The molecular formula is C17H25N5O3S. The second-order valence-electron chi connectivity index (χ2n) is 5.86. The van der Waals surface area contributed by atoms with Gasteiger partial charge >= 0.3 is 0 Å². The predicted molar refractivity (Wildman–Crippen MR) is 101 cm³/mol. The number of nitrogens with zero attached hydrogens (tertiary/aromatic N) is 4. The number of hydrogen-bond acceptors (Lipinski definition) is 7. The standard InChI is InChI=1S/C17H25N5O3S/c1-21(2)8-9-26-17-20-19-15(22(17)3)11-18-16(23)13-7-6-12(24-4)10-14(13)25-5/h6-7,10H,8-9,11H2,1-5H3,(H,18,23). The van der Waals surface area contributed by atoms with Crippen molar-refractivity contribution < 1.29 is 14.3 Å². The molecule has 0 fully saturated rings. The second kappa shape index (κ2) is 9.44. The molecule has 2 rings (SSSR count). The average Bonchev–Trinajstić information content (AvgIpc) is 2.98. The summed E-state index contributed by atoms with van der Waals surface area (Å²) >= 11 is 1.64. The lowest BCUT2D eigenvalue weighted by Crippen LogP contribution is -2.25. The minimum atomic E-state index is -0.241. The molecule has 0 bridgehead atoms. The van der Waals surface area contributed by atoms with Crippen LogP contribution in [0, 0.1) is 0 Å². The zero-order valence-corrected chi connectivity index (χ0v) is 16.6. The largest absolute Gasteiger partial charge is 0.497 e. The van der Waals surface area contributed by atoms with Crippen LogP contribution in [-0.4, -0.2) is 66.2 Å². The van der Waals surface area contributed by atoms with E-state index in [2.05, 4.69) is 20.4 Å². The van der Waals surface area contributed by atoms with Gasteiger partial charge in [0.05, 0.1) is 26.3 Å². The first-order valence-electron chi connectivity index (χ1n) is 8.12. The molecule has 1 aromatic heterocycles. The molecule has 142 valence electrons. The fraction of sp³-hybridized carbons (Fsp3) is 0.471. The Morgan fingerprint density at radius 1 is 1.27 bits per heavy atom. The predicted octanol–water partition coefficient (Wildman–Crippen LogP) is 1.42. The van der Waals surface area contributed by atoms with Crippen molar-refractivity contribution in [2.45, 2.75) is 11.7 Å². The minimum Gasteiger partial charge on any atom is -0.497 e. The van der Waals surface area contributed by atoms with Gasteiger partial charge in [0.25, 0.3) is 5.91 Å². The maximum atomic E-state index is 12.5. The van der Waals surface area contributed by atoms with Gasteiger partial charge in [-0.3, -0.25) is 4.79 Å². The molecule has 1 amide bonds. The second-order valence-corrected chi connectivity index (χ2v) is 6.92. The molecule has 1 aromatic carbocycles. The van der Waals surface area contributed by atoms with Gasteiger partial charge in [0.2, 0.25) is 0 Å². The molecule has 9 heteroatoms. The summed E-state index contributed by atoms with van der Waals surface area (Å²) in [5.41, 5.74) is 0.441. The Morgan fingerprint density at radius 2 is 2.04 bits per heavy atom. The lowest BCUT2D eigenvalue weighted by Gasteiger charge is -2.11. The van der Waals surface area contributed by atoms with Gasteiger partial charge < -0.3 is 24.3 Å². The van der Waals surface area contributed by atoms with E-state index in [4.69, 9.17) is 9.47 Å². The van der Waals surface area contributed by atoms with Crippen molar-refractivity contribution in [2.75, 3.05) is 40.6 Å². The summed E-state index contributed by atoms with van der Waals surface area (Å²) in [6.45, 7) is 1.24. The highest BCUT2D eigenvalue weighted by Gasteiger charge is 2.15. The Bertz CT molecular complexity index is 748. The molecule has 0 aliphatic carbocycles. The van der Waals surface area contributed by atoms with Gasteiger partial charge in [0.15, 0.2) is 11.0 Å². The van der Waals surface area contributed by atoms with Crippen molar-refractivity contribution in [1.29, 1.82) is 0 Å². The molecule has 0 unspecified atom stereocenters. The Morgan fingerprint density at radius 3 is 2.69 bits per heavy atom. The van der Waals surface area contributed by atoms with E-state index in [0.29, 0.717) is 22.9 Å².